The van der Waals surface area contributed by atoms with Crippen molar-refractivity contribution in [1.82, 2.24) is 0 Å². The molecule has 4 nitrogen and oxygen atoms in total. The van der Waals surface area contributed by atoms with Crippen LogP contribution in [0.3, 0.4) is 0 Å². The first-order chi connectivity index (χ1) is 10.3. The normalized spacial score (nSPS) is 26.6. The van der Waals surface area contributed by atoms with Crippen LogP contribution in [0, 0.1) is 0 Å². The lowest BCUT2D eigenvalue weighted by Crippen LogP contribution is -2.35. The molecule has 2 aromatic carbocycles. The van der Waals surface area contributed by atoms with Crippen LogP contribution in [0.15, 0.2) is 36.4 Å². The molecule has 4 rings (SSSR count). The lowest BCUT2D eigenvalue weighted by Gasteiger charge is -2.26. The fraction of sp³-hybridized carbons (Fsp3) is 0.412. The third kappa shape index (κ3) is 1.91. The molecule has 2 aliphatic rings. The summed E-state index contributed by atoms with van der Waals surface area (Å²) in [6, 6.07) is 12.7. The number of methoxy groups -OCH3 is 2. The van der Waals surface area contributed by atoms with Crippen LogP contribution in [0.5, 0.6) is 0 Å². The Bertz CT molecular complexity index is 678. The number of fused-ring (bicyclic) bond motifs is 5. The molecule has 1 saturated heterocycles. The fourth-order valence-electron chi connectivity index (χ4n) is 3.43. The summed E-state index contributed by atoms with van der Waals surface area (Å²) in [5.74, 6) is 0. The summed E-state index contributed by atoms with van der Waals surface area (Å²) in [6.45, 7) is 0. The molecule has 110 valence electrons. The summed E-state index contributed by atoms with van der Waals surface area (Å²) in [5, 5.41) is 2.43. The van der Waals surface area contributed by atoms with Crippen LogP contribution in [-0.2, 0) is 25.4 Å². The topological polar surface area (TPSA) is 36.9 Å². The first-order valence-corrected chi connectivity index (χ1v) is 7.23. The van der Waals surface area contributed by atoms with E-state index in [-0.39, 0.29) is 12.2 Å². The van der Waals surface area contributed by atoms with E-state index in [0.717, 1.165) is 12.8 Å². The molecule has 0 saturated carbocycles. The van der Waals surface area contributed by atoms with E-state index in [4.69, 9.17) is 18.9 Å². The molecule has 0 radical (unpaired) electrons. The quantitative estimate of drug-likeness (QED) is 0.795. The Morgan fingerprint density at radius 3 is 2.67 bits per heavy atom. The van der Waals surface area contributed by atoms with Crippen molar-refractivity contribution in [3.8, 4) is 0 Å². The van der Waals surface area contributed by atoms with Gasteiger partial charge in [-0.25, -0.2) is 0 Å². The van der Waals surface area contributed by atoms with Crippen LogP contribution in [0.25, 0.3) is 10.8 Å². The summed E-state index contributed by atoms with van der Waals surface area (Å²) in [7, 11) is 3.07. The monoisotopic (exact) mass is 286 g/mol. The molecule has 1 heterocycles. The second-order valence-electron chi connectivity index (χ2n) is 5.50. The van der Waals surface area contributed by atoms with Gasteiger partial charge >= 0.3 is 6.16 Å². The predicted molar refractivity (Wildman–Crippen MR) is 77.7 cm³/mol. The van der Waals surface area contributed by atoms with Gasteiger partial charge in [0.2, 0.25) is 0 Å². The van der Waals surface area contributed by atoms with E-state index in [1.807, 2.05) is 0 Å². The maximum Gasteiger partial charge on any atom is 0.413 e. The summed E-state index contributed by atoms with van der Waals surface area (Å²) in [5.41, 5.74) is 2.53. The predicted octanol–water partition coefficient (Wildman–Crippen LogP) is 3.15. The second kappa shape index (κ2) is 4.78. The molecule has 1 aliphatic carbocycles. The molecule has 1 aliphatic heterocycles. The number of hydrogen-bond donors (Lipinski definition) is 0. The Labute approximate surface area is 123 Å². The largest absolute Gasteiger partial charge is 0.413 e. The average Bonchev–Trinajstić information content (AvgIpc) is 2.94. The highest BCUT2D eigenvalue weighted by Gasteiger charge is 2.52. The standard InChI is InChI=1S/C17H18O4/c1-18-17(19-2)20-14-10-9-12-8-7-11-5-3-4-6-13(11)15(12)16(14)21-17/h3-8,14,16H,9-10H2,1-2H3/t14-,16-/m0/s1. The van der Waals surface area contributed by atoms with Crippen LogP contribution in [0.1, 0.15) is 23.7 Å². The van der Waals surface area contributed by atoms with Crippen LogP contribution in [-0.4, -0.2) is 26.5 Å². The molecule has 0 spiro atoms. The number of aryl methyl sites for hydroxylation is 1. The molecular formula is C17H18O4. The van der Waals surface area contributed by atoms with E-state index >= 15 is 0 Å². The molecule has 0 amide bonds. The van der Waals surface area contributed by atoms with Gasteiger partial charge in [0, 0.05) is 14.2 Å². The minimum absolute atomic E-state index is 0.0387. The van der Waals surface area contributed by atoms with Gasteiger partial charge in [-0.05, 0) is 34.7 Å². The van der Waals surface area contributed by atoms with Crippen molar-refractivity contribution >= 4 is 10.8 Å². The van der Waals surface area contributed by atoms with Crippen molar-refractivity contribution in [2.45, 2.75) is 31.2 Å². The maximum atomic E-state index is 6.02. The minimum atomic E-state index is -1.38. The first-order valence-electron chi connectivity index (χ1n) is 7.23. The summed E-state index contributed by atoms with van der Waals surface area (Å²) >= 11 is 0. The van der Waals surface area contributed by atoms with Crippen molar-refractivity contribution in [2.75, 3.05) is 14.2 Å². The number of benzene rings is 2. The SMILES string of the molecule is COC1(OC)O[C@H]2CCc3ccc4ccccc4c3[C@H]2O1. The Hall–Kier alpha value is -1.46. The van der Waals surface area contributed by atoms with Crippen LogP contribution in [0.4, 0.5) is 0 Å². The fourth-order valence-corrected chi connectivity index (χ4v) is 3.43. The molecule has 4 heteroatoms. The maximum absolute atomic E-state index is 6.02. The summed E-state index contributed by atoms with van der Waals surface area (Å²) in [6.07, 6.45) is 0.315. The first kappa shape index (κ1) is 13.2. The van der Waals surface area contributed by atoms with Gasteiger partial charge < -0.3 is 9.47 Å². The van der Waals surface area contributed by atoms with Gasteiger partial charge in [-0.3, -0.25) is 9.47 Å². The van der Waals surface area contributed by atoms with Crippen molar-refractivity contribution in [3.05, 3.63) is 47.5 Å². The molecule has 2 atom stereocenters. The van der Waals surface area contributed by atoms with Crippen LogP contribution < -0.4 is 0 Å². The average molecular weight is 286 g/mol. The molecule has 1 fully saturated rings. The van der Waals surface area contributed by atoms with Crippen molar-refractivity contribution in [2.24, 2.45) is 0 Å². The van der Waals surface area contributed by atoms with Crippen LogP contribution in [0.2, 0.25) is 0 Å². The molecular weight excluding hydrogens is 268 g/mol. The minimum Gasteiger partial charge on any atom is -0.307 e. The number of rotatable bonds is 2. The van der Waals surface area contributed by atoms with Gasteiger partial charge in [0.05, 0.1) is 6.10 Å². The van der Waals surface area contributed by atoms with E-state index < -0.39 is 6.16 Å². The van der Waals surface area contributed by atoms with Gasteiger partial charge in [-0.2, -0.15) is 0 Å². The molecule has 21 heavy (non-hydrogen) atoms. The smallest absolute Gasteiger partial charge is 0.307 e. The van der Waals surface area contributed by atoms with Crippen LogP contribution >= 0.6 is 0 Å². The summed E-state index contributed by atoms with van der Waals surface area (Å²) < 4.78 is 22.5. The van der Waals surface area contributed by atoms with Crippen molar-refractivity contribution in [1.29, 1.82) is 0 Å². The summed E-state index contributed by atoms with van der Waals surface area (Å²) in [4.78, 5) is 0. The van der Waals surface area contributed by atoms with Gasteiger partial charge in [-0.15, -0.1) is 0 Å². The molecule has 0 bridgehead atoms. The van der Waals surface area contributed by atoms with Gasteiger partial charge in [-0.1, -0.05) is 36.4 Å². The van der Waals surface area contributed by atoms with Gasteiger partial charge in [0.15, 0.2) is 0 Å². The van der Waals surface area contributed by atoms with E-state index in [1.54, 1.807) is 0 Å². The van der Waals surface area contributed by atoms with E-state index in [9.17, 15) is 0 Å². The molecule has 2 aromatic rings. The lowest BCUT2D eigenvalue weighted by atomic mass is 9.84. The van der Waals surface area contributed by atoms with Gasteiger partial charge in [0.25, 0.3) is 0 Å². The molecule has 0 unspecified atom stereocenters. The molecule has 0 aromatic heterocycles. The number of ether oxygens (including phenoxy) is 4. The third-order valence-electron chi connectivity index (χ3n) is 4.45. The lowest BCUT2D eigenvalue weighted by molar-refractivity contribution is -0.456. The van der Waals surface area contributed by atoms with Gasteiger partial charge in [0.1, 0.15) is 6.10 Å². The highest BCUT2D eigenvalue weighted by molar-refractivity contribution is 5.87. The van der Waals surface area contributed by atoms with E-state index in [2.05, 4.69) is 36.4 Å². The Balaban J connectivity index is 1.86. The van der Waals surface area contributed by atoms with E-state index in [1.165, 1.54) is 36.1 Å². The highest BCUT2D eigenvalue weighted by Crippen LogP contribution is 2.47. The second-order valence-corrected chi connectivity index (χ2v) is 5.50. The van der Waals surface area contributed by atoms with E-state index in [0.29, 0.717) is 0 Å². The number of hydrogen-bond acceptors (Lipinski definition) is 4. The molecule has 0 N–H and O–H groups in total. The Kier molecular flexibility index (Phi) is 3.01. The zero-order chi connectivity index (χ0) is 14.4. The van der Waals surface area contributed by atoms with Crippen molar-refractivity contribution in [3.63, 3.8) is 0 Å². The zero-order valence-electron chi connectivity index (χ0n) is 12.2. The Morgan fingerprint density at radius 2 is 1.86 bits per heavy atom. The Morgan fingerprint density at radius 1 is 1.05 bits per heavy atom. The van der Waals surface area contributed by atoms with Crippen molar-refractivity contribution < 1.29 is 18.9 Å². The zero-order valence-corrected chi connectivity index (χ0v) is 12.2. The highest BCUT2D eigenvalue weighted by atomic mass is 17.0. The third-order valence-corrected chi connectivity index (χ3v) is 4.45.